The molecule has 0 bridgehead atoms. The number of halogens is 2. The first-order valence-corrected chi connectivity index (χ1v) is 8.70. The van der Waals surface area contributed by atoms with Crippen molar-refractivity contribution in [3.05, 3.63) is 33.8 Å². The van der Waals surface area contributed by atoms with Gasteiger partial charge in [0.15, 0.2) is 0 Å². The molecule has 1 aromatic rings. The van der Waals surface area contributed by atoms with Crippen LogP contribution in [-0.2, 0) is 0 Å². The lowest BCUT2D eigenvalue weighted by atomic mass is 9.85. The first kappa shape index (κ1) is 17.1. The van der Waals surface area contributed by atoms with Crippen LogP contribution in [0.2, 0.25) is 10.0 Å². The van der Waals surface area contributed by atoms with Gasteiger partial charge >= 0.3 is 0 Å². The zero-order valence-corrected chi connectivity index (χ0v) is 13.9. The molecule has 1 aliphatic rings. The lowest BCUT2D eigenvalue weighted by Crippen LogP contribution is -2.28. The van der Waals surface area contributed by atoms with Gasteiger partial charge in [-0.05, 0) is 30.0 Å². The van der Waals surface area contributed by atoms with E-state index in [1.165, 1.54) is 38.5 Å². The number of nitrogens with two attached hydrogens (primary N) is 1. The third-order valence-corrected chi connectivity index (χ3v) is 5.19. The van der Waals surface area contributed by atoms with E-state index in [2.05, 4.69) is 0 Å². The zero-order valence-electron chi connectivity index (χ0n) is 12.4. The van der Waals surface area contributed by atoms with Crippen molar-refractivity contribution in [1.82, 2.24) is 0 Å². The molecule has 0 radical (unpaired) electrons. The van der Waals surface area contributed by atoms with Gasteiger partial charge in [0.05, 0.1) is 6.10 Å². The molecule has 0 amide bonds. The maximum atomic E-state index is 10.6. The highest BCUT2D eigenvalue weighted by atomic mass is 35.5. The summed E-state index contributed by atoms with van der Waals surface area (Å²) in [4.78, 5) is 0. The van der Waals surface area contributed by atoms with E-state index in [1.54, 1.807) is 6.07 Å². The van der Waals surface area contributed by atoms with Crippen molar-refractivity contribution in [3.8, 4) is 0 Å². The lowest BCUT2D eigenvalue weighted by Gasteiger charge is -2.26. The van der Waals surface area contributed by atoms with Gasteiger partial charge in [-0.3, -0.25) is 0 Å². The molecule has 0 aromatic heterocycles. The molecule has 2 atom stereocenters. The summed E-state index contributed by atoms with van der Waals surface area (Å²) in [6.45, 7) is 0.398. The van der Waals surface area contributed by atoms with Crippen molar-refractivity contribution in [1.29, 1.82) is 0 Å². The van der Waals surface area contributed by atoms with Gasteiger partial charge in [0.25, 0.3) is 0 Å². The SMILES string of the molecule is NCC(c1ccc(Cl)cc1Cl)C(O)CC1CCCCCC1. The minimum absolute atomic E-state index is 0.113. The van der Waals surface area contributed by atoms with Crippen molar-refractivity contribution in [2.45, 2.75) is 57.0 Å². The molecule has 0 aliphatic heterocycles. The van der Waals surface area contributed by atoms with E-state index in [0.717, 1.165) is 12.0 Å². The van der Waals surface area contributed by atoms with E-state index in [0.29, 0.717) is 22.5 Å². The second-order valence-corrected chi connectivity index (χ2v) is 7.01. The number of rotatable bonds is 5. The summed E-state index contributed by atoms with van der Waals surface area (Å²) >= 11 is 12.2. The van der Waals surface area contributed by atoms with E-state index in [-0.39, 0.29) is 5.92 Å². The fraction of sp³-hybridized carbons (Fsp3) is 0.647. The first-order valence-electron chi connectivity index (χ1n) is 7.95. The first-order chi connectivity index (χ1) is 10.1. The third kappa shape index (κ3) is 4.85. The van der Waals surface area contributed by atoms with E-state index < -0.39 is 6.10 Å². The Morgan fingerprint density at radius 1 is 1.14 bits per heavy atom. The van der Waals surface area contributed by atoms with Gasteiger partial charge in [-0.25, -0.2) is 0 Å². The molecular weight excluding hydrogens is 305 g/mol. The number of aliphatic hydroxyl groups excluding tert-OH is 1. The van der Waals surface area contributed by atoms with Crippen LogP contribution < -0.4 is 5.73 Å². The molecule has 1 saturated carbocycles. The summed E-state index contributed by atoms with van der Waals surface area (Å²) < 4.78 is 0. The van der Waals surface area contributed by atoms with E-state index in [4.69, 9.17) is 28.9 Å². The van der Waals surface area contributed by atoms with Crippen LogP contribution in [0.3, 0.4) is 0 Å². The average molecular weight is 330 g/mol. The van der Waals surface area contributed by atoms with Crippen molar-refractivity contribution in [2.24, 2.45) is 11.7 Å². The largest absolute Gasteiger partial charge is 0.392 e. The quantitative estimate of drug-likeness (QED) is 0.765. The highest BCUT2D eigenvalue weighted by Gasteiger charge is 2.25. The molecular formula is C17H25Cl2NO. The molecule has 3 N–H and O–H groups in total. The Morgan fingerprint density at radius 3 is 2.38 bits per heavy atom. The van der Waals surface area contributed by atoms with Crippen LogP contribution >= 0.6 is 23.2 Å². The predicted octanol–water partition coefficient (Wildman–Crippen LogP) is 4.76. The average Bonchev–Trinajstić information content (AvgIpc) is 2.70. The molecule has 0 heterocycles. The molecule has 118 valence electrons. The molecule has 21 heavy (non-hydrogen) atoms. The Balaban J connectivity index is 2.05. The van der Waals surface area contributed by atoms with Crippen LogP contribution in [0.5, 0.6) is 0 Å². The molecule has 2 rings (SSSR count). The number of hydrogen-bond donors (Lipinski definition) is 2. The fourth-order valence-corrected chi connectivity index (χ4v) is 3.95. The van der Waals surface area contributed by atoms with Gasteiger partial charge in [0.1, 0.15) is 0 Å². The summed E-state index contributed by atoms with van der Waals surface area (Å²) in [5.41, 5.74) is 6.80. The van der Waals surface area contributed by atoms with Crippen molar-refractivity contribution in [3.63, 3.8) is 0 Å². The van der Waals surface area contributed by atoms with Gasteiger partial charge in [-0.15, -0.1) is 0 Å². The van der Waals surface area contributed by atoms with Crippen LogP contribution in [0.1, 0.15) is 56.4 Å². The Bertz CT molecular complexity index is 444. The molecule has 0 spiro atoms. The van der Waals surface area contributed by atoms with E-state index in [1.807, 2.05) is 12.1 Å². The predicted molar refractivity (Wildman–Crippen MR) is 90.1 cm³/mol. The van der Waals surface area contributed by atoms with Crippen LogP contribution in [0.15, 0.2) is 18.2 Å². The van der Waals surface area contributed by atoms with Crippen LogP contribution in [0.25, 0.3) is 0 Å². The molecule has 1 aromatic carbocycles. The monoisotopic (exact) mass is 329 g/mol. The van der Waals surface area contributed by atoms with E-state index in [9.17, 15) is 5.11 Å². The molecule has 1 aliphatic carbocycles. The fourth-order valence-electron chi connectivity index (χ4n) is 3.40. The number of hydrogen-bond acceptors (Lipinski definition) is 2. The smallest absolute Gasteiger partial charge is 0.0624 e. The normalized spacial score (nSPS) is 20.0. The summed E-state index contributed by atoms with van der Waals surface area (Å²) in [6, 6.07) is 5.42. The second-order valence-electron chi connectivity index (χ2n) is 6.17. The maximum Gasteiger partial charge on any atom is 0.0624 e. The van der Waals surface area contributed by atoms with Gasteiger partial charge in [-0.1, -0.05) is 67.8 Å². The van der Waals surface area contributed by atoms with E-state index >= 15 is 0 Å². The lowest BCUT2D eigenvalue weighted by molar-refractivity contribution is 0.112. The maximum absolute atomic E-state index is 10.6. The zero-order chi connectivity index (χ0) is 15.2. The second kappa shape index (κ2) is 8.38. The van der Waals surface area contributed by atoms with Crippen molar-refractivity contribution >= 4 is 23.2 Å². The topological polar surface area (TPSA) is 46.2 Å². The number of aliphatic hydroxyl groups is 1. The van der Waals surface area contributed by atoms with Crippen LogP contribution in [0, 0.1) is 5.92 Å². The highest BCUT2D eigenvalue weighted by molar-refractivity contribution is 6.35. The highest BCUT2D eigenvalue weighted by Crippen LogP contribution is 2.34. The van der Waals surface area contributed by atoms with Gasteiger partial charge in [0.2, 0.25) is 0 Å². The van der Waals surface area contributed by atoms with Crippen molar-refractivity contribution < 1.29 is 5.11 Å². The molecule has 2 unspecified atom stereocenters. The van der Waals surface area contributed by atoms with Gasteiger partial charge < -0.3 is 10.8 Å². The number of benzene rings is 1. The van der Waals surface area contributed by atoms with Crippen molar-refractivity contribution in [2.75, 3.05) is 6.54 Å². The Labute approximate surface area is 137 Å². The third-order valence-electron chi connectivity index (χ3n) is 4.63. The summed E-state index contributed by atoms with van der Waals surface area (Å²) in [6.07, 6.45) is 8.06. The molecule has 0 saturated heterocycles. The van der Waals surface area contributed by atoms with Gasteiger partial charge in [-0.2, -0.15) is 0 Å². The summed E-state index contributed by atoms with van der Waals surface area (Å²) in [5, 5.41) is 11.8. The Kier molecular flexibility index (Phi) is 6.81. The van der Waals surface area contributed by atoms with Crippen LogP contribution in [-0.4, -0.2) is 17.8 Å². The minimum atomic E-state index is -0.434. The minimum Gasteiger partial charge on any atom is -0.392 e. The van der Waals surface area contributed by atoms with Gasteiger partial charge in [0, 0.05) is 22.5 Å². The molecule has 4 heteroatoms. The Hall–Kier alpha value is -0.280. The Morgan fingerprint density at radius 2 is 1.81 bits per heavy atom. The molecule has 1 fully saturated rings. The molecule has 2 nitrogen and oxygen atoms in total. The van der Waals surface area contributed by atoms with Crippen LogP contribution in [0.4, 0.5) is 0 Å². The standard InChI is InChI=1S/C17H25Cl2NO/c18-13-7-8-14(16(19)10-13)15(11-20)17(21)9-12-5-3-1-2-4-6-12/h7-8,10,12,15,17,21H,1-6,9,11,20H2. The summed E-state index contributed by atoms with van der Waals surface area (Å²) in [5.74, 6) is 0.501. The summed E-state index contributed by atoms with van der Waals surface area (Å²) in [7, 11) is 0.